The van der Waals surface area contributed by atoms with Crippen LogP contribution in [-0.2, 0) is 13.0 Å². The lowest BCUT2D eigenvalue weighted by molar-refractivity contribution is 0.295. The van der Waals surface area contributed by atoms with Crippen LogP contribution in [0.25, 0.3) is 11.0 Å². The lowest BCUT2D eigenvalue weighted by atomic mass is 10.1. The summed E-state index contributed by atoms with van der Waals surface area (Å²) >= 11 is 0. The largest absolute Gasteiger partial charge is 0.396 e. The van der Waals surface area contributed by atoms with Crippen molar-refractivity contribution >= 4 is 11.0 Å². The van der Waals surface area contributed by atoms with Crippen molar-refractivity contribution in [3.8, 4) is 0 Å². The Morgan fingerprint density at radius 3 is 2.75 bits per heavy atom. The summed E-state index contributed by atoms with van der Waals surface area (Å²) in [7, 11) is 0. The predicted molar refractivity (Wildman–Crippen MR) is 80.8 cm³/mol. The van der Waals surface area contributed by atoms with Crippen molar-refractivity contribution in [1.82, 2.24) is 9.55 Å². The molecule has 0 radical (unpaired) electrons. The lowest BCUT2D eigenvalue weighted by Crippen LogP contribution is -2.07. The Kier molecular flexibility index (Phi) is 3.52. The summed E-state index contributed by atoms with van der Waals surface area (Å²) in [5.41, 5.74) is 4.63. The van der Waals surface area contributed by atoms with Gasteiger partial charge in [-0.2, -0.15) is 0 Å². The molecule has 3 heteroatoms. The molecule has 0 fully saturated rings. The van der Waals surface area contributed by atoms with Crippen LogP contribution < -0.4 is 0 Å². The Balaban J connectivity index is 2.06. The summed E-state index contributed by atoms with van der Waals surface area (Å²) in [6.07, 6.45) is 0.584. The Labute approximate surface area is 118 Å². The highest BCUT2D eigenvalue weighted by atomic mass is 16.3. The molecule has 0 spiro atoms. The maximum Gasteiger partial charge on any atom is 0.112 e. The van der Waals surface area contributed by atoms with Crippen LogP contribution in [0.2, 0.25) is 0 Å². The first kappa shape index (κ1) is 12.9. The fourth-order valence-electron chi connectivity index (χ4n) is 2.59. The second kappa shape index (κ2) is 5.47. The number of hydrogen-bond donors (Lipinski definition) is 1. The lowest BCUT2D eigenvalue weighted by Gasteiger charge is -2.09. The first-order chi connectivity index (χ1) is 9.78. The Morgan fingerprint density at radius 2 is 1.95 bits per heavy atom. The average Bonchev–Trinajstić information content (AvgIpc) is 2.78. The minimum Gasteiger partial charge on any atom is -0.396 e. The monoisotopic (exact) mass is 266 g/mol. The van der Waals surface area contributed by atoms with Crippen molar-refractivity contribution in [2.45, 2.75) is 19.9 Å². The van der Waals surface area contributed by atoms with E-state index in [0.29, 0.717) is 6.42 Å². The van der Waals surface area contributed by atoms with Gasteiger partial charge in [-0.1, -0.05) is 42.0 Å². The fraction of sp³-hybridized carbons (Fsp3) is 0.235. The standard InChI is InChI=1S/C17H18N2O/c1-13-5-4-6-14(11-13)12-19-16-8-3-2-7-15(16)18-17(19)9-10-20/h2-8,11,20H,9-10,12H2,1H3. The van der Waals surface area contributed by atoms with E-state index in [4.69, 9.17) is 0 Å². The summed E-state index contributed by atoms with van der Waals surface area (Å²) in [6, 6.07) is 16.6. The number of nitrogens with zero attached hydrogens (tertiary/aromatic N) is 2. The molecule has 0 unspecified atom stereocenters. The van der Waals surface area contributed by atoms with Crippen LogP contribution in [0.4, 0.5) is 0 Å². The second-order valence-corrected chi connectivity index (χ2v) is 5.07. The van der Waals surface area contributed by atoms with Gasteiger partial charge in [0.05, 0.1) is 17.6 Å². The zero-order valence-corrected chi connectivity index (χ0v) is 11.6. The third-order valence-electron chi connectivity index (χ3n) is 3.49. The van der Waals surface area contributed by atoms with Crippen molar-refractivity contribution in [3.63, 3.8) is 0 Å². The van der Waals surface area contributed by atoms with Crippen molar-refractivity contribution in [2.75, 3.05) is 6.61 Å². The van der Waals surface area contributed by atoms with E-state index in [1.165, 1.54) is 11.1 Å². The van der Waals surface area contributed by atoms with Crippen LogP contribution in [0.3, 0.4) is 0 Å². The number of hydrogen-bond acceptors (Lipinski definition) is 2. The first-order valence-corrected chi connectivity index (χ1v) is 6.88. The molecular formula is C17H18N2O. The molecule has 0 aliphatic rings. The maximum atomic E-state index is 9.23. The molecule has 0 aliphatic heterocycles. The van der Waals surface area contributed by atoms with Crippen LogP contribution in [0.1, 0.15) is 17.0 Å². The van der Waals surface area contributed by atoms with Crippen LogP contribution in [0.5, 0.6) is 0 Å². The molecule has 3 rings (SSSR count). The minimum atomic E-state index is 0.122. The first-order valence-electron chi connectivity index (χ1n) is 6.88. The zero-order valence-electron chi connectivity index (χ0n) is 11.6. The summed E-state index contributed by atoms with van der Waals surface area (Å²) in [5, 5.41) is 9.23. The Hall–Kier alpha value is -2.13. The SMILES string of the molecule is Cc1cccc(Cn2c(CCO)nc3ccccc32)c1. The summed E-state index contributed by atoms with van der Waals surface area (Å²) < 4.78 is 2.19. The zero-order chi connectivity index (χ0) is 13.9. The molecule has 1 aromatic heterocycles. The third-order valence-corrected chi connectivity index (χ3v) is 3.49. The molecule has 20 heavy (non-hydrogen) atoms. The van der Waals surface area contributed by atoms with E-state index in [1.807, 2.05) is 18.2 Å². The van der Waals surface area contributed by atoms with Crippen molar-refractivity contribution in [2.24, 2.45) is 0 Å². The van der Waals surface area contributed by atoms with Gasteiger partial charge in [-0.05, 0) is 24.6 Å². The van der Waals surface area contributed by atoms with Gasteiger partial charge >= 0.3 is 0 Å². The van der Waals surface area contributed by atoms with E-state index in [-0.39, 0.29) is 6.61 Å². The molecule has 0 amide bonds. The van der Waals surface area contributed by atoms with E-state index in [9.17, 15) is 5.11 Å². The Morgan fingerprint density at radius 1 is 1.10 bits per heavy atom. The van der Waals surface area contributed by atoms with Crippen molar-refractivity contribution in [3.05, 3.63) is 65.5 Å². The van der Waals surface area contributed by atoms with E-state index < -0.39 is 0 Å². The predicted octanol–water partition coefficient (Wildman–Crippen LogP) is 2.93. The molecule has 3 aromatic rings. The molecule has 0 aliphatic carbocycles. The van der Waals surface area contributed by atoms with Crippen LogP contribution in [0, 0.1) is 6.92 Å². The molecule has 102 valence electrons. The van der Waals surface area contributed by atoms with Gasteiger partial charge < -0.3 is 9.67 Å². The molecule has 0 atom stereocenters. The molecule has 1 heterocycles. The number of aliphatic hydroxyl groups is 1. The second-order valence-electron chi connectivity index (χ2n) is 5.07. The number of imidazole rings is 1. The highest BCUT2D eigenvalue weighted by Crippen LogP contribution is 2.18. The van der Waals surface area contributed by atoms with Crippen molar-refractivity contribution in [1.29, 1.82) is 0 Å². The Bertz CT molecular complexity index is 731. The topological polar surface area (TPSA) is 38.0 Å². The molecule has 0 saturated carbocycles. The number of rotatable bonds is 4. The molecule has 1 N–H and O–H groups in total. The molecule has 3 nitrogen and oxygen atoms in total. The van der Waals surface area contributed by atoms with Gasteiger partial charge in [0, 0.05) is 13.0 Å². The fourth-order valence-corrected chi connectivity index (χ4v) is 2.59. The van der Waals surface area contributed by atoms with Gasteiger partial charge in [-0.25, -0.2) is 4.98 Å². The van der Waals surface area contributed by atoms with Crippen LogP contribution >= 0.6 is 0 Å². The highest BCUT2D eigenvalue weighted by molar-refractivity contribution is 5.76. The van der Waals surface area contributed by atoms with Crippen molar-refractivity contribution < 1.29 is 5.11 Å². The molecule has 0 bridgehead atoms. The number of benzene rings is 2. The molecule has 2 aromatic carbocycles. The van der Waals surface area contributed by atoms with Gasteiger partial charge in [0.15, 0.2) is 0 Å². The minimum absolute atomic E-state index is 0.122. The maximum absolute atomic E-state index is 9.23. The summed E-state index contributed by atoms with van der Waals surface area (Å²) in [5.74, 6) is 0.940. The summed E-state index contributed by atoms with van der Waals surface area (Å²) in [4.78, 5) is 4.62. The quantitative estimate of drug-likeness (QED) is 0.788. The van der Waals surface area contributed by atoms with E-state index in [2.05, 4.69) is 46.8 Å². The smallest absolute Gasteiger partial charge is 0.112 e. The average molecular weight is 266 g/mol. The normalized spacial score (nSPS) is 11.1. The number of aryl methyl sites for hydroxylation is 1. The van der Waals surface area contributed by atoms with E-state index in [0.717, 1.165) is 23.4 Å². The molecular weight excluding hydrogens is 248 g/mol. The number of aliphatic hydroxyl groups excluding tert-OH is 1. The van der Waals surface area contributed by atoms with E-state index in [1.54, 1.807) is 0 Å². The van der Waals surface area contributed by atoms with Gasteiger partial charge in [-0.15, -0.1) is 0 Å². The van der Waals surface area contributed by atoms with Gasteiger partial charge in [0.1, 0.15) is 5.82 Å². The highest BCUT2D eigenvalue weighted by Gasteiger charge is 2.10. The van der Waals surface area contributed by atoms with E-state index >= 15 is 0 Å². The van der Waals surface area contributed by atoms with Gasteiger partial charge in [0.25, 0.3) is 0 Å². The van der Waals surface area contributed by atoms with Gasteiger partial charge in [0.2, 0.25) is 0 Å². The number of aromatic nitrogens is 2. The number of para-hydroxylation sites is 2. The third kappa shape index (κ3) is 2.45. The van der Waals surface area contributed by atoms with Gasteiger partial charge in [-0.3, -0.25) is 0 Å². The summed E-state index contributed by atoms with van der Waals surface area (Å²) in [6.45, 7) is 3.01. The molecule has 0 saturated heterocycles. The number of fused-ring (bicyclic) bond motifs is 1. The van der Waals surface area contributed by atoms with Crippen LogP contribution in [-0.4, -0.2) is 21.3 Å². The van der Waals surface area contributed by atoms with Crippen LogP contribution in [0.15, 0.2) is 48.5 Å².